The molecule has 0 bridgehead atoms. The number of aliphatic hydroxyl groups is 1. The van der Waals surface area contributed by atoms with E-state index in [2.05, 4.69) is 36.6 Å². The lowest BCUT2D eigenvalue weighted by Gasteiger charge is -2.18. The van der Waals surface area contributed by atoms with Crippen LogP contribution in [0.3, 0.4) is 0 Å². The van der Waals surface area contributed by atoms with E-state index in [1.807, 2.05) is 0 Å². The zero-order valence-corrected chi connectivity index (χ0v) is 38.5. The Morgan fingerprint density at radius 2 is 0.864 bits per heavy atom. The number of allylic oxidation sites excluding steroid dienone is 2. The Bertz CT molecular complexity index is 1000. The van der Waals surface area contributed by atoms with Crippen molar-refractivity contribution < 1.29 is 34.1 Å². The Hall–Kier alpha value is -2.42. The van der Waals surface area contributed by atoms with Gasteiger partial charge in [-0.3, -0.25) is 14.4 Å². The molecule has 4 N–H and O–H groups in total. The summed E-state index contributed by atoms with van der Waals surface area (Å²) < 4.78 is 6.06. The van der Waals surface area contributed by atoms with Gasteiger partial charge >= 0.3 is 11.9 Å². The maximum absolute atomic E-state index is 12.9. The molecule has 0 aromatic rings. The number of unbranched alkanes of at least 4 members (excludes halogenated alkanes) is 30. The molecule has 0 rings (SSSR count). The molecule has 0 aromatic heterocycles. The highest BCUT2D eigenvalue weighted by Gasteiger charge is 2.19. The number of esters is 1. The molecule has 2 unspecified atom stereocenters. The Kier molecular flexibility index (Phi) is 43.3. The number of rotatable bonds is 46. The fourth-order valence-corrected chi connectivity index (χ4v) is 7.65. The number of aliphatic hydroxyl groups excluding tert-OH is 1. The van der Waals surface area contributed by atoms with Gasteiger partial charge in [-0.05, 0) is 64.2 Å². The summed E-state index contributed by atoms with van der Waals surface area (Å²) in [6.07, 6.45) is 49.6. The summed E-state index contributed by atoms with van der Waals surface area (Å²) in [6.45, 7) is 3.51. The Morgan fingerprint density at radius 1 is 0.492 bits per heavy atom. The van der Waals surface area contributed by atoms with Crippen LogP contribution in [0, 0.1) is 0 Å². The van der Waals surface area contributed by atoms with Gasteiger partial charge in [-0.25, -0.2) is 4.79 Å². The van der Waals surface area contributed by atoms with Gasteiger partial charge in [0.2, 0.25) is 11.8 Å². The van der Waals surface area contributed by atoms with Gasteiger partial charge in [0.15, 0.2) is 0 Å². The van der Waals surface area contributed by atoms with Gasteiger partial charge in [0, 0.05) is 12.8 Å². The van der Waals surface area contributed by atoms with Crippen LogP contribution in [0.4, 0.5) is 0 Å². The summed E-state index contributed by atoms with van der Waals surface area (Å²) in [5.74, 6) is -2.28. The van der Waals surface area contributed by atoms with E-state index in [0.717, 1.165) is 70.6 Å². The van der Waals surface area contributed by atoms with Crippen LogP contribution in [-0.4, -0.2) is 59.3 Å². The molecular formula is C50H94N2O7. The molecular weight excluding hydrogens is 741 g/mol. The van der Waals surface area contributed by atoms with E-state index in [-0.39, 0.29) is 24.5 Å². The number of carbonyl (C=O) groups is 4. The molecule has 59 heavy (non-hydrogen) atoms. The SMILES string of the molecule is CCCCCCCCCC/C=C\CCCCCC(CCCCCCCC(=O)NCC(=O)NC(CO)C(=O)O)OC(=O)CCCCCCCCCCCCCCCCCC. The number of carbonyl (C=O) groups excluding carboxylic acids is 3. The average Bonchev–Trinajstić information content (AvgIpc) is 3.22. The van der Waals surface area contributed by atoms with E-state index in [1.165, 1.54) is 154 Å². The van der Waals surface area contributed by atoms with Gasteiger partial charge in [0.25, 0.3) is 0 Å². The van der Waals surface area contributed by atoms with Crippen LogP contribution in [0.1, 0.15) is 258 Å². The number of carboxylic acid groups (broad SMARTS) is 1. The van der Waals surface area contributed by atoms with E-state index in [0.29, 0.717) is 19.3 Å². The van der Waals surface area contributed by atoms with Gasteiger partial charge in [0.1, 0.15) is 12.1 Å². The second-order valence-electron chi connectivity index (χ2n) is 17.3. The largest absolute Gasteiger partial charge is 0.480 e. The fraction of sp³-hybridized carbons (Fsp3) is 0.880. The van der Waals surface area contributed by atoms with Crippen LogP contribution < -0.4 is 10.6 Å². The van der Waals surface area contributed by atoms with Crippen LogP contribution in [-0.2, 0) is 23.9 Å². The molecule has 0 fully saturated rings. The molecule has 2 amide bonds. The summed E-state index contributed by atoms with van der Waals surface area (Å²) in [5.41, 5.74) is 0. The zero-order chi connectivity index (χ0) is 43.3. The normalized spacial score (nSPS) is 12.5. The van der Waals surface area contributed by atoms with Gasteiger partial charge in [-0.15, -0.1) is 0 Å². The summed E-state index contributed by atoms with van der Waals surface area (Å²) in [6, 6.07) is -1.38. The Balaban J connectivity index is 4.31. The highest BCUT2D eigenvalue weighted by molar-refractivity contribution is 5.87. The van der Waals surface area contributed by atoms with Crippen molar-refractivity contribution in [3.05, 3.63) is 12.2 Å². The molecule has 9 nitrogen and oxygen atoms in total. The van der Waals surface area contributed by atoms with E-state index in [9.17, 15) is 19.2 Å². The first-order chi connectivity index (χ1) is 28.8. The third kappa shape index (κ3) is 42.1. The highest BCUT2D eigenvalue weighted by Crippen LogP contribution is 2.19. The average molecular weight is 835 g/mol. The topological polar surface area (TPSA) is 142 Å². The number of carboxylic acids is 1. The lowest BCUT2D eigenvalue weighted by molar-refractivity contribution is -0.150. The first-order valence-electron chi connectivity index (χ1n) is 25.1. The summed E-state index contributed by atoms with van der Waals surface area (Å²) >= 11 is 0. The molecule has 0 saturated carbocycles. The van der Waals surface area contributed by atoms with Crippen molar-refractivity contribution in [3.63, 3.8) is 0 Å². The molecule has 0 saturated heterocycles. The quantitative estimate of drug-likeness (QED) is 0.0272. The van der Waals surface area contributed by atoms with Crippen LogP contribution >= 0.6 is 0 Å². The number of aliphatic carboxylic acids is 1. The number of nitrogens with one attached hydrogen (secondary N) is 2. The molecule has 0 aliphatic carbocycles. The second-order valence-corrected chi connectivity index (χ2v) is 17.3. The van der Waals surface area contributed by atoms with Crippen molar-refractivity contribution in [2.75, 3.05) is 13.2 Å². The van der Waals surface area contributed by atoms with Gasteiger partial charge in [-0.1, -0.05) is 193 Å². The fourth-order valence-electron chi connectivity index (χ4n) is 7.65. The lowest BCUT2D eigenvalue weighted by Crippen LogP contribution is -2.47. The Labute approximate surface area is 362 Å². The van der Waals surface area contributed by atoms with Gasteiger partial charge < -0.3 is 25.6 Å². The highest BCUT2D eigenvalue weighted by atomic mass is 16.5. The van der Waals surface area contributed by atoms with Gasteiger partial charge in [0.05, 0.1) is 13.2 Å². The van der Waals surface area contributed by atoms with E-state index < -0.39 is 24.5 Å². The van der Waals surface area contributed by atoms with Gasteiger partial charge in [-0.2, -0.15) is 0 Å². The summed E-state index contributed by atoms with van der Waals surface area (Å²) in [5, 5.41) is 22.6. The predicted octanol–water partition coefficient (Wildman–Crippen LogP) is 13.0. The first-order valence-corrected chi connectivity index (χ1v) is 25.1. The molecule has 0 spiro atoms. The summed E-state index contributed by atoms with van der Waals surface area (Å²) in [7, 11) is 0. The Morgan fingerprint density at radius 3 is 1.29 bits per heavy atom. The molecule has 0 aliphatic heterocycles. The minimum Gasteiger partial charge on any atom is -0.480 e. The van der Waals surface area contributed by atoms with Crippen molar-refractivity contribution in [3.8, 4) is 0 Å². The number of hydrogen-bond donors (Lipinski definition) is 4. The van der Waals surface area contributed by atoms with Crippen LogP contribution in [0.5, 0.6) is 0 Å². The molecule has 0 aliphatic rings. The van der Waals surface area contributed by atoms with Crippen LogP contribution in [0.2, 0.25) is 0 Å². The van der Waals surface area contributed by atoms with Crippen LogP contribution in [0.25, 0.3) is 0 Å². The second kappa shape index (κ2) is 45.1. The van der Waals surface area contributed by atoms with Crippen molar-refractivity contribution in [2.24, 2.45) is 0 Å². The summed E-state index contributed by atoms with van der Waals surface area (Å²) in [4.78, 5) is 47.7. The molecule has 9 heteroatoms. The molecule has 346 valence electrons. The standard InChI is InChI=1S/C50H94N2O7/c1-3-5-7-9-11-13-15-17-19-21-23-25-27-29-34-38-42-49(56)59-45(39-35-31-28-26-24-22-20-18-16-14-12-10-8-6-4-2)40-36-32-30-33-37-41-47(54)51-43-48(55)52-46(44-53)50(57)58/h22,24,45-46,53H,3-21,23,25-44H2,1-2H3,(H,51,54)(H,52,55)(H,57,58)/b24-22-. The molecule has 0 radical (unpaired) electrons. The van der Waals surface area contributed by atoms with E-state index >= 15 is 0 Å². The first kappa shape index (κ1) is 56.6. The third-order valence-corrected chi connectivity index (χ3v) is 11.5. The maximum atomic E-state index is 12.9. The van der Waals surface area contributed by atoms with Crippen molar-refractivity contribution in [1.82, 2.24) is 10.6 Å². The lowest BCUT2D eigenvalue weighted by atomic mass is 10.0. The van der Waals surface area contributed by atoms with Crippen molar-refractivity contribution in [1.29, 1.82) is 0 Å². The van der Waals surface area contributed by atoms with Crippen molar-refractivity contribution >= 4 is 23.8 Å². The number of amides is 2. The number of hydrogen-bond acceptors (Lipinski definition) is 6. The molecule has 0 heterocycles. The molecule has 2 atom stereocenters. The van der Waals surface area contributed by atoms with Crippen LogP contribution in [0.15, 0.2) is 12.2 Å². The smallest absolute Gasteiger partial charge is 0.328 e. The van der Waals surface area contributed by atoms with Crippen molar-refractivity contribution in [2.45, 2.75) is 270 Å². The van der Waals surface area contributed by atoms with E-state index in [1.54, 1.807) is 0 Å². The maximum Gasteiger partial charge on any atom is 0.328 e. The number of ether oxygens (including phenoxy) is 1. The minimum atomic E-state index is -1.38. The third-order valence-electron chi connectivity index (χ3n) is 11.5. The zero-order valence-electron chi connectivity index (χ0n) is 38.5. The minimum absolute atomic E-state index is 0.0236. The predicted molar refractivity (Wildman–Crippen MR) is 245 cm³/mol. The molecule has 0 aromatic carbocycles. The van der Waals surface area contributed by atoms with E-state index in [4.69, 9.17) is 14.9 Å². The monoisotopic (exact) mass is 835 g/mol.